The number of piperidine rings is 2. The van der Waals surface area contributed by atoms with E-state index >= 15 is 0 Å². The molecule has 1 N–H and O–H groups in total. The molecular weight excluding hydrogens is 694 g/mol. The highest BCUT2D eigenvalue weighted by atomic mass is 79.9. The second-order valence-electron chi connectivity index (χ2n) is 11.8. The number of fused-ring (bicyclic) bond motifs is 1. The molecule has 4 aromatic rings. The highest BCUT2D eigenvalue weighted by Gasteiger charge is 2.39. The summed E-state index contributed by atoms with van der Waals surface area (Å²) in [5.74, 6) is 6.75. The van der Waals surface area contributed by atoms with Crippen molar-refractivity contribution in [1.29, 1.82) is 0 Å². The highest BCUT2D eigenvalue weighted by molar-refractivity contribution is 9.10. The number of likely N-dealkylation sites (tertiary alicyclic amines) is 1. The number of carbonyl (C=O) groups is 4. The fourth-order valence-corrected chi connectivity index (χ4v) is 7.36. The van der Waals surface area contributed by atoms with Crippen LogP contribution in [-0.2, 0) is 20.9 Å². The van der Waals surface area contributed by atoms with Gasteiger partial charge in [0.25, 0.3) is 5.91 Å². The molecule has 7 rings (SSSR count). The van der Waals surface area contributed by atoms with Gasteiger partial charge in [-0.2, -0.15) is 0 Å². The molecule has 0 spiro atoms. The molecule has 0 aliphatic carbocycles. The second-order valence-corrected chi connectivity index (χ2v) is 13.7. The lowest BCUT2D eigenvalue weighted by molar-refractivity contribution is -0.137. The summed E-state index contributed by atoms with van der Waals surface area (Å²) in [6.45, 7) is 1.50. The van der Waals surface area contributed by atoms with E-state index < -0.39 is 11.9 Å². The van der Waals surface area contributed by atoms with E-state index in [4.69, 9.17) is 0 Å². The molecule has 242 valence electrons. The Balaban J connectivity index is 0.978. The zero-order valence-corrected chi connectivity index (χ0v) is 28.2. The normalized spacial score (nSPS) is 17.9. The third-order valence-electron chi connectivity index (χ3n) is 8.80. The number of nitrogens with one attached hydrogen (secondary N) is 1. The van der Waals surface area contributed by atoms with Crippen LogP contribution in [0.5, 0.6) is 0 Å². The van der Waals surface area contributed by atoms with Gasteiger partial charge in [0.05, 0.1) is 5.75 Å². The SMILES string of the molecule is O=C1CCC(N2Cc3c(C#CC4CCN(C(=O)CSc5nnc(-c6cccnc6)n5-c5ccc(Br)cc5)CC4)cccc3C2=O)C(=O)N1. The number of nitrogens with zero attached hydrogens (tertiary/aromatic N) is 6. The van der Waals surface area contributed by atoms with Gasteiger partial charge < -0.3 is 9.80 Å². The minimum Gasteiger partial charge on any atom is -0.342 e. The Hall–Kier alpha value is -4.80. The molecule has 0 bridgehead atoms. The van der Waals surface area contributed by atoms with Gasteiger partial charge in [-0.15, -0.1) is 10.2 Å². The van der Waals surface area contributed by atoms with Gasteiger partial charge in [-0.05, 0) is 73.4 Å². The fraction of sp³-hybridized carbons (Fsp3) is 0.286. The summed E-state index contributed by atoms with van der Waals surface area (Å²) in [7, 11) is 0. The number of rotatable bonds is 6. The Labute approximate surface area is 289 Å². The maximum absolute atomic E-state index is 13.3. The predicted octanol–water partition coefficient (Wildman–Crippen LogP) is 4.24. The molecule has 2 aromatic carbocycles. The van der Waals surface area contributed by atoms with E-state index in [2.05, 4.69) is 48.3 Å². The number of amides is 4. The zero-order valence-electron chi connectivity index (χ0n) is 25.8. The molecule has 3 aliphatic rings. The number of carbonyl (C=O) groups excluding carboxylic acids is 4. The number of imide groups is 1. The minimum atomic E-state index is -0.663. The van der Waals surface area contributed by atoms with Crippen molar-refractivity contribution < 1.29 is 19.2 Å². The van der Waals surface area contributed by atoms with Crippen molar-refractivity contribution in [3.8, 4) is 28.9 Å². The van der Waals surface area contributed by atoms with Gasteiger partial charge in [0.2, 0.25) is 17.7 Å². The molecule has 48 heavy (non-hydrogen) atoms. The standard InChI is InChI=1S/C35H30BrN7O4S/c36-25-8-10-26(11-9-25)43-32(24-4-2-16-37-19-24)39-40-35(43)48-21-31(45)41-17-14-22(15-18-41)6-7-23-3-1-5-27-28(23)20-42(34(27)47)29-12-13-30(44)38-33(29)46/h1-5,8-11,16,19,22,29H,12-15,17-18,20-21H2,(H,38,44,46). The first-order valence-electron chi connectivity index (χ1n) is 15.7. The van der Waals surface area contributed by atoms with Gasteiger partial charge in [0, 0.05) is 71.2 Å². The van der Waals surface area contributed by atoms with E-state index in [9.17, 15) is 19.2 Å². The van der Waals surface area contributed by atoms with E-state index in [1.165, 1.54) is 11.8 Å². The quantitative estimate of drug-likeness (QED) is 0.178. The average molecular weight is 725 g/mol. The van der Waals surface area contributed by atoms with Crippen molar-refractivity contribution in [2.24, 2.45) is 5.92 Å². The molecule has 1 unspecified atom stereocenters. The summed E-state index contributed by atoms with van der Waals surface area (Å²) < 4.78 is 2.90. The number of hydrogen-bond acceptors (Lipinski definition) is 8. The van der Waals surface area contributed by atoms with Crippen LogP contribution in [0, 0.1) is 17.8 Å². The maximum Gasteiger partial charge on any atom is 0.255 e. The summed E-state index contributed by atoms with van der Waals surface area (Å²) in [6.07, 6.45) is 5.48. The Bertz CT molecular complexity index is 1960. The monoisotopic (exact) mass is 723 g/mol. The number of pyridine rings is 1. The smallest absolute Gasteiger partial charge is 0.255 e. The average Bonchev–Trinajstić information content (AvgIpc) is 3.68. The zero-order chi connectivity index (χ0) is 33.2. The molecular formula is C35H30BrN7O4S. The van der Waals surface area contributed by atoms with Crippen molar-refractivity contribution in [2.75, 3.05) is 18.8 Å². The molecule has 4 amide bonds. The maximum atomic E-state index is 13.3. The fourth-order valence-electron chi connectivity index (χ4n) is 6.24. The van der Waals surface area contributed by atoms with E-state index in [-0.39, 0.29) is 42.4 Å². The van der Waals surface area contributed by atoms with Crippen LogP contribution in [0.4, 0.5) is 0 Å². The van der Waals surface area contributed by atoms with Crippen molar-refractivity contribution in [3.63, 3.8) is 0 Å². The second kappa shape index (κ2) is 13.7. The largest absolute Gasteiger partial charge is 0.342 e. The van der Waals surface area contributed by atoms with E-state index in [1.54, 1.807) is 23.4 Å². The van der Waals surface area contributed by atoms with E-state index in [0.29, 0.717) is 36.1 Å². The lowest BCUT2D eigenvalue weighted by Gasteiger charge is -2.29. The number of aromatic nitrogens is 4. The summed E-state index contributed by atoms with van der Waals surface area (Å²) in [6, 6.07) is 16.4. The Kier molecular flexibility index (Phi) is 9.10. The van der Waals surface area contributed by atoms with Gasteiger partial charge >= 0.3 is 0 Å². The van der Waals surface area contributed by atoms with Gasteiger partial charge in [0.1, 0.15) is 6.04 Å². The number of hydrogen-bond donors (Lipinski definition) is 1. The summed E-state index contributed by atoms with van der Waals surface area (Å²) in [5.41, 5.74) is 3.84. The Morgan fingerprint density at radius 3 is 2.56 bits per heavy atom. The molecule has 13 heteroatoms. The first-order valence-corrected chi connectivity index (χ1v) is 17.4. The van der Waals surface area contributed by atoms with Crippen LogP contribution < -0.4 is 5.32 Å². The highest BCUT2D eigenvalue weighted by Crippen LogP contribution is 2.31. The van der Waals surface area contributed by atoms with Crippen molar-refractivity contribution in [3.05, 3.63) is 88.2 Å². The lowest BCUT2D eigenvalue weighted by Crippen LogP contribution is -2.52. The molecule has 2 aromatic heterocycles. The molecule has 0 radical (unpaired) electrons. The van der Waals surface area contributed by atoms with Crippen molar-refractivity contribution in [2.45, 2.75) is 43.4 Å². The van der Waals surface area contributed by atoms with Crippen LogP contribution in [-0.4, -0.2) is 78.1 Å². The van der Waals surface area contributed by atoms with Gasteiger partial charge in [0.15, 0.2) is 11.0 Å². The molecule has 2 saturated heterocycles. The molecule has 2 fully saturated rings. The Morgan fingerprint density at radius 1 is 1.00 bits per heavy atom. The first-order chi connectivity index (χ1) is 23.4. The van der Waals surface area contributed by atoms with E-state index in [1.807, 2.05) is 58.0 Å². The number of benzene rings is 2. The van der Waals surface area contributed by atoms with Crippen LogP contribution in [0.2, 0.25) is 0 Å². The molecule has 11 nitrogen and oxygen atoms in total. The van der Waals surface area contributed by atoms with Crippen LogP contribution in [0.15, 0.2) is 76.6 Å². The minimum absolute atomic E-state index is 0.0348. The van der Waals surface area contributed by atoms with Gasteiger partial charge in [-0.3, -0.25) is 34.0 Å². The van der Waals surface area contributed by atoms with Gasteiger partial charge in [-0.1, -0.05) is 45.6 Å². The van der Waals surface area contributed by atoms with Crippen LogP contribution in [0.1, 0.15) is 47.2 Å². The van der Waals surface area contributed by atoms with Gasteiger partial charge in [-0.25, -0.2) is 0 Å². The van der Waals surface area contributed by atoms with Crippen LogP contribution in [0.3, 0.4) is 0 Å². The molecule has 1 atom stereocenters. The third kappa shape index (κ3) is 6.50. The van der Waals surface area contributed by atoms with Crippen LogP contribution >= 0.6 is 27.7 Å². The summed E-state index contributed by atoms with van der Waals surface area (Å²) in [5, 5.41) is 11.8. The summed E-state index contributed by atoms with van der Waals surface area (Å²) >= 11 is 4.85. The number of halogens is 1. The number of thioether (sulfide) groups is 1. The van der Waals surface area contributed by atoms with Crippen LogP contribution in [0.25, 0.3) is 17.1 Å². The molecule has 0 saturated carbocycles. The van der Waals surface area contributed by atoms with E-state index in [0.717, 1.165) is 39.7 Å². The topological polar surface area (TPSA) is 130 Å². The van der Waals surface area contributed by atoms with Crippen molar-refractivity contribution in [1.82, 2.24) is 34.9 Å². The predicted molar refractivity (Wildman–Crippen MR) is 182 cm³/mol. The lowest BCUT2D eigenvalue weighted by atomic mass is 9.96. The van der Waals surface area contributed by atoms with Crippen molar-refractivity contribution >= 4 is 51.3 Å². The Morgan fingerprint density at radius 2 is 1.81 bits per heavy atom. The third-order valence-corrected chi connectivity index (χ3v) is 10.2. The molecule has 5 heterocycles. The molecule has 3 aliphatic heterocycles. The summed E-state index contributed by atoms with van der Waals surface area (Å²) in [4.78, 5) is 58.1. The first kappa shape index (κ1) is 31.8.